The molecule has 2 atom stereocenters. The number of rotatable bonds is 1. The summed E-state index contributed by atoms with van der Waals surface area (Å²) in [6.07, 6.45) is -3.12. The van der Waals surface area contributed by atoms with Gasteiger partial charge in [-0.2, -0.15) is 13.2 Å². The predicted octanol–water partition coefficient (Wildman–Crippen LogP) is 1.43. The van der Waals surface area contributed by atoms with Gasteiger partial charge in [-0.25, -0.2) is 0 Å². The molecule has 2 aliphatic heterocycles. The molecule has 0 bridgehead atoms. The first-order valence-corrected chi connectivity index (χ1v) is 5.42. The van der Waals surface area contributed by atoms with Gasteiger partial charge < -0.3 is 4.90 Å². The summed E-state index contributed by atoms with van der Waals surface area (Å²) in [5.74, 6) is 1.07. The lowest BCUT2D eigenvalue weighted by atomic mass is 9.89. The highest BCUT2D eigenvalue weighted by Gasteiger charge is 2.39. The Kier molecular flexibility index (Phi) is 2.94. The molecule has 0 saturated carbocycles. The lowest BCUT2D eigenvalue weighted by Crippen LogP contribution is -2.44. The van der Waals surface area contributed by atoms with Crippen molar-refractivity contribution in [3.05, 3.63) is 0 Å². The highest BCUT2D eigenvalue weighted by atomic mass is 19.4. The van der Waals surface area contributed by atoms with Gasteiger partial charge in [0.25, 0.3) is 0 Å². The van der Waals surface area contributed by atoms with Gasteiger partial charge in [0, 0.05) is 19.6 Å². The maximum absolute atomic E-state index is 12.2. The lowest BCUT2D eigenvalue weighted by Gasteiger charge is -2.34. The molecule has 0 radical (unpaired) electrons. The van der Waals surface area contributed by atoms with Crippen molar-refractivity contribution in [2.75, 3.05) is 39.8 Å². The fraction of sp³-hybridized carbons (Fsp3) is 1.00. The van der Waals surface area contributed by atoms with Crippen LogP contribution in [0.3, 0.4) is 0 Å². The van der Waals surface area contributed by atoms with Crippen molar-refractivity contribution >= 4 is 0 Å². The minimum Gasteiger partial charge on any atom is -0.306 e. The summed E-state index contributed by atoms with van der Waals surface area (Å²) in [5, 5.41) is 0. The predicted molar refractivity (Wildman–Crippen MR) is 51.6 cm³/mol. The average molecular weight is 222 g/mol. The highest BCUT2D eigenvalue weighted by Crippen LogP contribution is 2.31. The molecule has 0 aromatic carbocycles. The van der Waals surface area contributed by atoms with E-state index in [1.54, 1.807) is 4.90 Å². The van der Waals surface area contributed by atoms with Crippen LogP contribution >= 0.6 is 0 Å². The number of fused-ring (bicyclic) bond motifs is 1. The van der Waals surface area contributed by atoms with Crippen LogP contribution in [-0.2, 0) is 0 Å². The van der Waals surface area contributed by atoms with E-state index in [1.807, 2.05) is 7.05 Å². The third-order valence-electron chi connectivity index (χ3n) is 3.47. The zero-order chi connectivity index (χ0) is 11.1. The molecular formula is C10H17F3N2. The maximum atomic E-state index is 12.2. The van der Waals surface area contributed by atoms with E-state index in [0.717, 1.165) is 19.5 Å². The van der Waals surface area contributed by atoms with Crippen LogP contribution in [0, 0.1) is 11.8 Å². The molecule has 2 heterocycles. The Hall–Kier alpha value is -0.290. The van der Waals surface area contributed by atoms with Crippen LogP contribution < -0.4 is 0 Å². The molecule has 0 aromatic rings. The number of likely N-dealkylation sites (tertiary alicyclic amines) is 2. The Bertz CT molecular complexity index is 229. The van der Waals surface area contributed by atoms with E-state index in [9.17, 15) is 13.2 Å². The number of piperidine rings is 1. The van der Waals surface area contributed by atoms with Gasteiger partial charge in [0.2, 0.25) is 0 Å². The van der Waals surface area contributed by atoms with E-state index in [1.165, 1.54) is 0 Å². The molecule has 88 valence electrons. The molecule has 2 aliphatic rings. The normalized spacial score (nSPS) is 34.4. The summed E-state index contributed by atoms with van der Waals surface area (Å²) in [7, 11) is 2.05. The van der Waals surface area contributed by atoms with Gasteiger partial charge in [-0.05, 0) is 31.8 Å². The van der Waals surface area contributed by atoms with Crippen LogP contribution in [0.1, 0.15) is 6.42 Å². The van der Waals surface area contributed by atoms with Crippen molar-refractivity contribution in [3.63, 3.8) is 0 Å². The molecule has 2 saturated heterocycles. The van der Waals surface area contributed by atoms with Crippen LogP contribution in [0.25, 0.3) is 0 Å². The second-order valence-corrected chi connectivity index (χ2v) is 4.88. The smallest absolute Gasteiger partial charge is 0.306 e. The summed E-state index contributed by atoms with van der Waals surface area (Å²) < 4.78 is 36.6. The first-order chi connectivity index (χ1) is 6.94. The van der Waals surface area contributed by atoms with E-state index in [2.05, 4.69) is 4.90 Å². The number of alkyl halides is 3. The number of hydrogen-bond donors (Lipinski definition) is 0. The topological polar surface area (TPSA) is 6.48 Å². The fourth-order valence-electron chi connectivity index (χ4n) is 2.88. The van der Waals surface area contributed by atoms with E-state index in [4.69, 9.17) is 0 Å². The molecule has 0 spiro atoms. The van der Waals surface area contributed by atoms with Crippen molar-refractivity contribution in [2.24, 2.45) is 11.8 Å². The Labute approximate surface area is 88.0 Å². The molecule has 5 heteroatoms. The zero-order valence-corrected chi connectivity index (χ0v) is 8.93. The summed E-state index contributed by atoms with van der Waals surface area (Å²) in [6, 6.07) is 0. The average Bonchev–Trinajstić information content (AvgIpc) is 2.40. The highest BCUT2D eigenvalue weighted by molar-refractivity contribution is 4.89. The van der Waals surface area contributed by atoms with Crippen LogP contribution in [0.4, 0.5) is 13.2 Å². The molecule has 2 rings (SSSR count). The maximum Gasteiger partial charge on any atom is 0.401 e. The quantitative estimate of drug-likeness (QED) is 0.662. The molecule has 2 fully saturated rings. The van der Waals surface area contributed by atoms with Crippen molar-refractivity contribution in [2.45, 2.75) is 12.6 Å². The first-order valence-electron chi connectivity index (χ1n) is 5.42. The van der Waals surface area contributed by atoms with E-state index >= 15 is 0 Å². The minimum absolute atomic E-state index is 0.450. The zero-order valence-electron chi connectivity index (χ0n) is 8.93. The molecule has 0 aromatic heterocycles. The molecule has 2 unspecified atom stereocenters. The summed E-state index contributed by atoms with van der Waals surface area (Å²) in [4.78, 5) is 3.78. The minimum atomic E-state index is -4.04. The van der Waals surface area contributed by atoms with Crippen molar-refractivity contribution < 1.29 is 13.2 Å². The number of halogens is 3. The van der Waals surface area contributed by atoms with Crippen molar-refractivity contribution in [3.8, 4) is 0 Å². The third kappa shape index (κ3) is 2.84. The molecule has 0 N–H and O–H groups in total. The molecule has 2 nitrogen and oxygen atoms in total. The third-order valence-corrected chi connectivity index (χ3v) is 3.47. The Morgan fingerprint density at radius 2 is 1.80 bits per heavy atom. The van der Waals surface area contributed by atoms with Crippen LogP contribution in [-0.4, -0.2) is 55.7 Å². The SMILES string of the molecule is CN1CC2CCN(CC(F)(F)F)CC2C1. The Balaban J connectivity index is 1.87. The van der Waals surface area contributed by atoms with Gasteiger partial charge in [-0.3, -0.25) is 4.90 Å². The molecular weight excluding hydrogens is 205 g/mol. The summed E-state index contributed by atoms with van der Waals surface area (Å²) in [5.41, 5.74) is 0. The van der Waals surface area contributed by atoms with Crippen LogP contribution in [0.2, 0.25) is 0 Å². The Morgan fingerprint density at radius 1 is 1.13 bits per heavy atom. The van der Waals surface area contributed by atoms with Gasteiger partial charge in [-0.1, -0.05) is 0 Å². The molecule has 0 amide bonds. The van der Waals surface area contributed by atoms with Crippen LogP contribution in [0.5, 0.6) is 0 Å². The van der Waals surface area contributed by atoms with Gasteiger partial charge in [0.05, 0.1) is 6.54 Å². The molecule has 0 aliphatic carbocycles. The first kappa shape index (κ1) is 11.2. The van der Waals surface area contributed by atoms with Gasteiger partial charge in [0.15, 0.2) is 0 Å². The standard InChI is InChI=1S/C10H17F3N2/c1-14-4-8-2-3-15(6-9(8)5-14)7-10(11,12)13/h8-9H,2-7H2,1H3. The number of nitrogens with zero attached hydrogens (tertiary/aromatic N) is 2. The number of hydrogen-bond acceptors (Lipinski definition) is 2. The monoisotopic (exact) mass is 222 g/mol. The summed E-state index contributed by atoms with van der Waals surface area (Å²) >= 11 is 0. The second-order valence-electron chi connectivity index (χ2n) is 4.88. The lowest BCUT2D eigenvalue weighted by molar-refractivity contribution is -0.150. The van der Waals surface area contributed by atoms with Gasteiger partial charge in [0.1, 0.15) is 0 Å². The van der Waals surface area contributed by atoms with Crippen molar-refractivity contribution in [1.29, 1.82) is 0 Å². The van der Waals surface area contributed by atoms with Crippen molar-refractivity contribution in [1.82, 2.24) is 9.80 Å². The van der Waals surface area contributed by atoms with E-state index in [-0.39, 0.29) is 0 Å². The Morgan fingerprint density at radius 3 is 2.47 bits per heavy atom. The fourth-order valence-corrected chi connectivity index (χ4v) is 2.88. The van der Waals surface area contributed by atoms with Gasteiger partial charge >= 0.3 is 6.18 Å². The molecule has 15 heavy (non-hydrogen) atoms. The van der Waals surface area contributed by atoms with E-state index < -0.39 is 12.7 Å². The largest absolute Gasteiger partial charge is 0.401 e. The van der Waals surface area contributed by atoms with Gasteiger partial charge in [-0.15, -0.1) is 0 Å². The van der Waals surface area contributed by atoms with E-state index in [0.29, 0.717) is 24.9 Å². The second kappa shape index (κ2) is 3.94. The summed E-state index contributed by atoms with van der Waals surface area (Å²) in [6.45, 7) is 2.51. The van der Waals surface area contributed by atoms with Crippen LogP contribution in [0.15, 0.2) is 0 Å².